The number of ether oxygens (including phenoxy) is 9. The molecule has 7 aliphatic rings. The Kier molecular flexibility index (Phi) is 26.0. The number of aliphatic imine (C=N–C) groups is 1. The van der Waals surface area contributed by atoms with Gasteiger partial charge >= 0.3 is 24.8 Å². The van der Waals surface area contributed by atoms with Crippen LogP contribution in [0.4, 0.5) is 17.5 Å². The summed E-state index contributed by atoms with van der Waals surface area (Å²) in [6, 6.07) is 25.8. The van der Waals surface area contributed by atoms with Gasteiger partial charge in [-0.1, -0.05) is 45.3 Å². The number of hydrogen-bond donors (Lipinski definition) is 2. The first kappa shape index (κ1) is 78.0. The normalized spacial score (nSPS) is 17.6. The van der Waals surface area contributed by atoms with Gasteiger partial charge in [0.25, 0.3) is 0 Å². The molecule has 4 aliphatic heterocycles. The van der Waals surface area contributed by atoms with E-state index < -0.39 is 27.3 Å². The number of morpholine rings is 3. The van der Waals surface area contributed by atoms with Crippen LogP contribution in [0.3, 0.4) is 0 Å². The molecule has 5 aromatic heterocycles. The number of aromatic nitrogens is 10. The number of hydrogen-bond acceptors (Lipinski definition) is 24. The summed E-state index contributed by atoms with van der Waals surface area (Å²) in [6.45, 7) is 25.8. The third-order valence-corrected chi connectivity index (χ3v) is 22.1. The van der Waals surface area contributed by atoms with E-state index in [1.807, 2.05) is 76.1 Å². The van der Waals surface area contributed by atoms with Gasteiger partial charge in [0.1, 0.15) is 78.3 Å². The molecule has 542 valence electrons. The van der Waals surface area contributed by atoms with Crippen LogP contribution in [-0.4, -0.2) is 234 Å². The molecule has 0 amide bonds. The van der Waals surface area contributed by atoms with Crippen molar-refractivity contribution in [2.45, 2.75) is 127 Å². The van der Waals surface area contributed by atoms with E-state index in [0.717, 1.165) is 186 Å². The van der Waals surface area contributed by atoms with Gasteiger partial charge in [0.2, 0.25) is 5.60 Å². The van der Waals surface area contributed by atoms with Gasteiger partial charge in [-0.3, -0.25) is 4.99 Å². The second kappa shape index (κ2) is 34.1. The molecule has 0 bridgehead atoms. The minimum atomic E-state index is -1.21. The van der Waals surface area contributed by atoms with Crippen LogP contribution in [0.5, 0.6) is 17.2 Å². The Morgan fingerprint density at radius 2 is 0.941 bits per heavy atom. The van der Waals surface area contributed by atoms with Crippen LogP contribution in [0.15, 0.2) is 96.8 Å². The SMILES string of the molecule is COC(=O)C1(Oc2ccc3nn(COCC[Si](C)(C)C)c(-c4cc(N5CCOCC5)ncn4)c3c2)CC1.C[Si](C)(C)CCOCn1nc2ccc(OC3(CO)CC3)cc2c1-c1cc(N2CCOCC2)ncn1.Cl.OCC1(Oc2ccc3c(c2)C(c2cc(N4CCOCC4)ncn2)=NC3)CC1.[AlH3].[H-].[Li+]. The van der Waals surface area contributed by atoms with Crippen molar-refractivity contribution in [3.8, 4) is 40.0 Å². The minimum Gasteiger partial charge on any atom is -1.00 e. The topological polar surface area (TPSA) is 276 Å². The minimum absolute atomic E-state index is 0. The van der Waals surface area contributed by atoms with E-state index in [2.05, 4.69) is 90.0 Å². The summed E-state index contributed by atoms with van der Waals surface area (Å²) in [5.74, 6) is 4.39. The maximum absolute atomic E-state index is 12.3. The van der Waals surface area contributed by atoms with Gasteiger partial charge < -0.3 is 69.0 Å². The number of rotatable bonds is 25. The number of fused-ring (bicyclic) bond motifs is 3. The maximum Gasteiger partial charge on any atom is 1.00 e. The Hall–Kier alpha value is -6.65. The third kappa shape index (κ3) is 19.3. The fourth-order valence-corrected chi connectivity index (χ4v) is 13.7. The molecular weight excluding hydrogens is 1370 g/mol. The molecule has 15 rings (SSSR count). The molecule has 3 saturated heterocycles. The van der Waals surface area contributed by atoms with Crippen LogP contribution in [0.25, 0.3) is 44.6 Å². The second-order valence-corrected chi connectivity index (χ2v) is 40.0. The first-order valence-corrected chi connectivity index (χ1v) is 42.0. The van der Waals surface area contributed by atoms with Gasteiger partial charge in [-0.2, -0.15) is 10.2 Å². The fourth-order valence-electron chi connectivity index (χ4n) is 12.1. The number of methoxy groups -OCH3 is 1. The molecule has 0 atom stereocenters. The number of nitrogens with zero attached hydrogens (tertiary/aromatic N) is 14. The Morgan fingerprint density at radius 3 is 1.34 bits per heavy atom. The number of aliphatic hydroxyl groups excluding tert-OH is 2. The average Bonchev–Trinajstić information content (AvgIpc) is 1.63. The van der Waals surface area contributed by atoms with E-state index in [9.17, 15) is 15.0 Å². The van der Waals surface area contributed by atoms with Gasteiger partial charge in [0, 0.05) is 116 Å². The zero-order valence-electron chi connectivity index (χ0n) is 60.4. The maximum atomic E-state index is 12.3. The molecule has 26 nitrogen and oxygen atoms in total. The molecule has 0 radical (unpaired) electrons. The summed E-state index contributed by atoms with van der Waals surface area (Å²) >= 11 is 0. The van der Waals surface area contributed by atoms with E-state index in [-0.39, 0.29) is 74.8 Å². The zero-order valence-corrected chi connectivity index (χ0v) is 62.2. The van der Waals surface area contributed by atoms with Crippen LogP contribution >= 0.6 is 12.4 Å². The monoisotopic (exact) mass is 1460 g/mol. The molecule has 3 aromatic carbocycles. The second-order valence-electron chi connectivity index (χ2n) is 28.8. The number of carbonyl (C=O) groups excluding carboxylic acids is 1. The molecule has 2 N–H and O–H groups in total. The van der Waals surface area contributed by atoms with Crippen molar-refractivity contribution in [1.82, 2.24) is 49.5 Å². The van der Waals surface area contributed by atoms with E-state index in [1.54, 1.807) is 19.0 Å². The Bertz CT molecular complexity index is 4180. The third-order valence-electron chi connectivity index (χ3n) is 18.7. The summed E-state index contributed by atoms with van der Waals surface area (Å²) in [5.41, 5.74) is 7.08. The fraction of sp³-hybridized carbons (Fsp3) is 0.521. The van der Waals surface area contributed by atoms with Gasteiger partial charge in [0.15, 0.2) is 17.4 Å². The first-order chi connectivity index (χ1) is 47.9. The summed E-state index contributed by atoms with van der Waals surface area (Å²) < 4.78 is 55.6. The molecule has 0 unspecified atom stereocenters. The van der Waals surface area contributed by atoms with Crippen molar-refractivity contribution in [3.63, 3.8) is 0 Å². The van der Waals surface area contributed by atoms with Crippen molar-refractivity contribution in [2.75, 3.05) is 127 Å². The smallest absolute Gasteiger partial charge is 1.00 e. The van der Waals surface area contributed by atoms with E-state index in [1.165, 1.54) is 7.11 Å². The summed E-state index contributed by atoms with van der Waals surface area (Å²) in [6.07, 6.45) is 9.62. The predicted octanol–water partition coefficient (Wildman–Crippen LogP) is 5.19. The predicted molar refractivity (Wildman–Crippen MR) is 399 cm³/mol. The van der Waals surface area contributed by atoms with Crippen molar-refractivity contribution < 1.29 is 77.9 Å². The number of anilines is 3. The summed E-state index contributed by atoms with van der Waals surface area (Å²) in [4.78, 5) is 50.8. The molecule has 8 aromatic rings. The number of halogens is 1. The number of carbonyl (C=O) groups is 1. The molecule has 9 heterocycles. The van der Waals surface area contributed by atoms with Crippen LogP contribution in [0.2, 0.25) is 51.4 Å². The van der Waals surface area contributed by atoms with E-state index in [4.69, 9.17) is 57.8 Å². The van der Waals surface area contributed by atoms with E-state index in [0.29, 0.717) is 78.2 Å². The van der Waals surface area contributed by atoms with Gasteiger partial charge in [-0.15, -0.1) is 12.4 Å². The van der Waals surface area contributed by atoms with Crippen molar-refractivity contribution in [1.29, 1.82) is 0 Å². The van der Waals surface area contributed by atoms with Gasteiger partial charge in [-0.05, 0) is 91.9 Å². The first-order valence-electron chi connectivity index (χ1n) is 34.6. The Labute approximate surface area is 627 Å². The summed E-state index contributed by atoms with van der Waals surface area (Å²) in [5, 5.41) is 30.7. The number of benzene rings is 3. The molecule has 0 spiro atoms. The Morgan fingerprint density at radius 1 is 0.539 bits per heavy atom. The molecule has 6 fully saturated rings. The van der Waals surface area contributed by atoms with Crippen molar-refractivity contribution in [3.05, 3.63) is 109 Å². The molecule has 3 saturated carbocycles. The van der Waals surface area contributed by atoms with Crippen LogP contribution < -0.4 is 47.8 Å². The molecule has 102 heavy (non-hydrogen) atoms. The largest absolute Gasteiger partial charge is 1.00 e. The van der Waals surface area contributed by atoms with Crippen LogP contribution in [-0.2, 0) is 53.2 Å². The molecule has 31 heteroatoms. The van der Waals surface area contributed by atoms with Crippen molar-refractivity contribution in [2.24, 2.45) is 4.99 Å². The Balaban J connectivity index is 0.000000178. The quantitative estimate of drug-likeness (QED) is 0.0423. The van der Waals surface area contributed by atoms with Crippen LogP contribution in [0, 0.1) is 0 Å². The molecule has 3 aliphatic carbocycles. The van der Waals surface area contributed by atoms with Gasteiger partial charge in [-0.25, -0.2) is 44.1 Å². The van der Waals surface area contributed by atoms with E-state index >= 15 is 0 Å². The van der Waals surface area contributed by atoms with Crippen LogP contribution in [0.1, 0.15) is 56.8 Å². The van der Waals surface area contributed by atoms with Crippen molar-refractivity contribution >= 4 is 96.9 Å². The summed E-state index contributed by atoms with van der Waals surface area (Å²) in [7, 11) is -1.01. The average molecular weight is 1460 g/mol. The zero-order chi connectivity index (χ0) is 68.8. The van der Waals surface area contributed by atoms with Gasteiger partial charge in [0.05, 0.1) is 112 Å². The molecular formula is C71H97AlClLiN14O12Si2. The standard InChI is InChI=1S/C26H35N5O5Si.C25H35N5O4Si.C20H22N4O3.Al.ClH.Li.4H/c1-33-25(32)26(7-8-26)36-19-5-6-21-20(15-19)24(31(29-21)18-35-13-14-37(2,3)4)22-16-23(28-17-27-22)30-9-11-34-12-10-30;1-35(2,3)13-12-33-18-30-24(22-15-23(27-17-26-22)29-8-10-32-11-9-29)20-14-19(4-5-21(20)28-30)34-25(16-31)6-7-25;25-12-20(3-4-20)27-15-2-1-14-11-21-19(16(14)9-15)17-10-18(23-13-22-17)24-5-7-26-8-6-24;;;;;;;/h5-6,15-17H,7-14,18H2,1-4H3;4-5,14-15,17,31H,6-13,16,18H2,1-3H3;1-2,9-10,13,25H,3-8,11-12H2;;1H;;;;;/q;;;;;+1;;;;-1. The number of aliphatic hydroxyl groups is 2. The number of esters is 1.